The van der Waals surface area contributed by atoms with Gasteiger partial charge in [0.05, 0.1) is 6.10 Å². The van der Waals surface area contributed by atoms with Crippen LogP contribution in [0, 0.1) is 11.6 Å². The number of halogens is 2. The Balaban J connectivity index is 2.63. The zero-order valence-corrected chi connectivity index (χ0v) is 7.94. The standard InChI is InChI=1S/C9H10F2OS/c1-6(12)5-13-7-2-3-8(10)9(11)4-7/h2-4,6,12H,5H2,1H3. The summed E-state index contributed by atoms with van der Waals surface area (Å²) in [5.74, 6) is -1.22. The molecule has 1 rings (SSSR count). The van der Waals surface area contributed by atoms with E-state index < -0.39 is 17.7 Å². The zero-order chi connectivity index (χ0) is 9.84. The highest BCUT2D eigenvalue weighted by Gasteiger charge is 2.03. The summed E-state index contributed by atoms with van der Waals surface area (Å²) >= 11 is 1.29. The molecular formula is C9H10F2OS. The Bertz CT molecular complexity index is 289. The second-order valence-corrected chi connectivity index (χ2v) is 3.83. The molecule has 0 radical (unpaired) electrons. The lowest BCUT2D eigenvalue weighted by Crippen LogP contribution is -2.02. The highest BCUT2D eigenvalue weighted by molar-refractivity contribution is 7.99. The monoisotopic (exact) mass is 204 g/mol. The molecule has 0 spiro atoms. The molecule has 0 aliphatic heterocycles. The summed E-state index contributed by atoms with van der Waals surface area (Å²) in [5, 5.41) is 8.95. The average Bonchev–Trinajstić information content (AvgIpc) is 2.07. The van der Waals surface area contributed by atoms with Crippen LogP contribution in [0.4, 0.5) is 8.78 Å². The zero-order valence-electron chi connectivity index (χ0n) is 7.13. The molecule has 13 heavy (non-hydrogen) atoms. The van der Waals surface area contributed by atoms with Gasteiger partial charge < -0.3 is 5.11 Å². The van der Waals surface area contributed by atoms with Gasteiger partial charge in [0.1, 0.15) is 0 Å². The number of hydrogen-bond donors (Lipinski definition) is 1. The van der Waals surface area contributed by atoms with Crippen molar-refractivity contribution in [2.45, 2.75) is 17.9 Å². The first-order valence-corrected chi connectivity index (χ1v) is 4.84. The molecule has 0 saturated heterocycles. The Morgan fingerprint density at radius 1 is 1.38 bits per heavy atom. The van der Waals surface area contributed by atoms with Gasteiger partial charge in [-0.05, 0) is 25.1 Å². The molecule has 0 saturated carbocycles. The van der Waals surface area contributed by atoms with E-state index in [0.717, 1.165) is 12.1 Å². The first-order chi connectivity index (χ1) is 6.09. The van der Waals surface area contributed by atoms with Gasteiger partial charge in [-0.15, -0.1) is 11.8 Å². The molecule has 0 aromatic heterocycles. The minimum absolute atomic E-state index is 0.446. The second kappa shape index (κ2) is 4.58. The highest BCUT2D eigenvalue weighted by atomic mass is 32.2. The van der Waals surface area contributed by atoms with Gasteiger partial charge in [0.15, 0.2) is 11.6 Å². The lowest BCUT2D eigenvalue weighted by molar-refractivity contribution is 0.220. The molecule has 0 amide bonds. The highest BCUT2D eigenvalue weighted by Crippen LogP contribution is 2.20. The largest absolute Gasteiger partial charge is 0.393 e. The molecule has 0 heterocycles. The van der Waals surface area contributed by atoms with Crippen molar-refractivity contribution >= 4 is 11.8 Å². The maximum Gasteiger partial charge on any atom is 0.159 e. The van der Waals surface area contributed by atoms with Crippen molar-refractivity contribution in [3.8, 4) is 0 Å². The molecule has 1 unspecified atom stereocenters. The predicted molar refractivity (Wildman–Crippen MR) is 48.8 cm³/mol. The van der Waals surface area contributed by atoms with Gasteiger partial charge in [0.2, 0.25) is 0 Å². The minimum Gasteiger partial charge on any atom is -0.393 e. The van der Waals surface area contributed by atoms with E-state index in [-0.39, 0.29) is 0 Å². The van der Waals surface area contributed by atoms with E-state index in [4.69, 9.17) is 5.11 Å². The van der Waals surface area contributed by atoms with Crippen LogP contribution in [0.15, 0.2) is 23.1 Å². The molecule has 1 nitrogen and oxygen atoms in total. The quantitative estimate of drug-likeness (QED) is 0.763. The summed E-state index contributed by atoms with van der Waals surface area (Å²) in [5.41, 5.74) is 0. The number of hydrogen-bond acceptors (Lipinski definition) is 2. The Labute approximate surface area is 79.8 Å². The van der Waals surface area contributed by atoms with Crippen LogP contribution in [-0.4, -0.2) is 17.0 Å². The van der Waals surface area contributed by atoms with Gasteiger partial charge in [-0.2, -0.15) is 0 Å². The van der Waals surface area contributed by atoms with Crippen molar-refractivity contribution in [1.82, 2.24) is 0 Å². The molecule has 0 aliphatic rings. The van der Waals surface area contributed by atoms with Crippen LogP contribution in [0.3, 0.4) is 0 Å². The number of benzene rings is 1. The molecule has 72 valence electrons. The van der Waals surface area contributed by atoms with E-state index in [1.807, 2.05) is 0 Å². The van der Waals surface area contributed by atoms with Crippen molar-refractivity contribution in [1.29, 1.82) is 0 Å². The van der Waals surface area contributed by atoms with Crippen LogP contribution in [0.5, 0.6) is 0 Å². The fourth-order valence-electron chi connectivity index (χ4n) is 0.783. The van der Waals surface area contributed by atoms with Crippen LogP contribution in [0.2, 0.25) is 0 Å². The molecule has 0 bridgehead atoms. The van der Waals surface area contributed by atoms with E-state index in [1.54, 1.807) is 6.92 Å². The Morgan fingerprint density at radius 3 is 2.62 bits per heavy atom. The van der Waals surface area contributed by atoms with Crippen LogP contribution in [0.1, 0.15) is 6.92 Å². The summed E-state index contributed by atoms with van der Waals surface area (Å²) in [7, 11) is 0. The van der Waals surface area contributed by atoms with Crippen LogP contribution >= 0.6 is 11.8 Å². The van der Waals surface area contributed by atoms with Gasteiger partial charge in [-0.3, -0.25) is 0 Å². The van der Waals surface area contributed by atoms with Crippen LogP contribution in [-0.2, 0) is 0 Å². The van der Waals surface area contributed by atoms with Crippen molar-refractivity contribution in [2.24, 2.45) is 0 Å². The predicted octanol–water partition coefficient (Wildman–Crippen LogP) is 2.44. The molecule has 4 heteroatoms. The van der Waals surface area contributed by atoms with Crippen molar-refractivity contribution in [3.05, 3.63) is 29.8 Å². The number of rotatable bonds is 3. The Kier molecular flexibility index (Phi) is 3.69. The third-order valence-corrected chi connectivity index (χ3v) is 2.62. The number of thioether (sulfide) groups is 1. The molecule has 0 fully saturated rings. The first-order valence-electron chi connectivity index (χ1n) is 3.85. The summed E-state index contributed by atoms with van der Waals surface area (Å²) < 4.78 is 25.1. The Morgan fingerprint density at radius 2 is 2.08 bits per heavy atom. The summed E-state index contributed by atoms with van der Waals surface area (Å²) in [4.78, 5) is 0.625. The van der Waals surface area contributed by atoms with E-state index in [0.29, 0.717) is 10.6 Å². The Hall–Kier alpha value is -0.610. The van der Waals surface area contributed by atoms with Gasteiger partial charge in [0.25, 0.3) is 0 Å². The van der Waals surface area contributed by atoms with Gasteiger partial charge >= 0.3 is 0 Å². The van der Waals surface area contributed by atoms with E-state index >= 15 is 0 Å². The normalized spacial score (nSPS) is 12.9. The van der Waals surface area contributed by atoms with E-state index in [2.05, 4.69) is 0 Å². The number of aliphatic hydroxyl groups excluding tert-OH is 1. The second-order valence-electron chi connectivity index (χ2n) is 2.74. The fourth-order valence-corrected chi connectivity index (χ4v) is 1.57. The summed E-state index contributed by atoms with van der Waals surface area (Å²) in [6.45, 7) is 1.65. The molecule has 1 atom stereocenters. The lowest BCUT2D eigenvalue weighted by Gasteiger charge is -2.03. The third kappa shape index (κ3) is 3.32. The molecule has 1 aromatic carbocycles. The molecule has 1 aromatic rings. The smallest absolute Gasteiger partial charge is 0.159 e. The number of aliphatic hydroxyl groups is 1. The maximum atomic E-state index is 12.7. The molecular weight excluding hydrogens is 194 g/mol. The fraction of sp³-hybridized carbons (Fsp3) is 0.333. The van der Waals surface area contributed by atoms with Gasteiger partial charge in [-0.25, -0.2) is 8.78 Å². The van der Waals surface area contributed by atoms with Crippen LogP contribution in [0.25, 0.3) is 0 Å². The SMILES string of the molecule is CC(O)CSc1ccc(F)c(F)c1. The van der Waals surface area contributed by atoms with Crippen molar-refractivity contribution in [2.75, 3.05) is 5.75 Å². The van der Waals surface area contributed by atoms with Gasteiger partial charge in [0, 0.05) is 10.6 Å². The van der Waals surface area contributed by atoms with Gasteiger partial charge in [-0.1, -0.05) is 0 Å². The third-order valence-electron chi connectivity index (χ3n) is 1.38. The van der Waals surface area contributed by atoms with Crippen molar-refractivity contribution < 1.29 is 13.9 Å². The average molecular weight is 204 g/mol. The topological polar surface area (TPSA) is 20.2 Å². The first kappa shape index (κ1) is 10.5. The van der Waals surface area contributed by atoms with Crippen molar-refractivity contribution in [3.63, 3.8) is 0 Å². The minimum atomic E-state index is -0.851. The van der Waals surface area contributed by atoms with E-state index in [1.165, 1.54) is 17.8 Å². The summed E-state index contributed by atoms with van der Waals surface area (Å²) in [6, 6.07) is 3.70. The molecule has 1 N–H and O–H groups in total. The van der Waals surface area contributed by atoms with Crippen LogP contribution < -0.4 is 0 Å². The lowest BCUT2D eigenvalue weighted by atomic mass is 10.3. The maximum absolute atomic E-state index is 12.7. The summed E-state index contributed by atoms with van der Waals surface area (Å²) in [6.07, 6.45) is -0.446. The van der Waals surface area contributed by atoms with E-state index in [9.17, 15) is 8.78 Å². The molecule has 0 aliphatic carbocycles.